The molecule has 4 N–H and O–H groups in total. The maximum atomic E-state index is 13.0. The Morgan fingerprint density at radius 1 is 0.743 bits per heavy atom. The highest BCUT2D eigenvalue weighted by Crippen LogP contribution is 2.26. The highest BCUT2D eigenvalue weighted by atomic mass is 35.5. The number of nitrogens with two attached hydrogens (primary N) is 1. The number of anilines is 2. The molecule has 0 atom stereocenters. The number of carbonyl (C=O) groups excluding carboxylic acids is 2. The van der Waals surface area contributed by atoms with Crippen molar-refractivity contribution < 1.29 is 9.59 Å². The lowest BCUT2D eigenvalue weighted by molar-refractivity contribution is 0.0943. The predicted molar refractivity (Wildman–Crippen MR) is 139 cm³/mol. The van der Waals surface area contributed by atoms with Crippen LogP contribution in [-0.2, 0) is 13.1 Å². The molecule has 4 rings (SSSR count). The maximum absolute atomic E-state index is 13.0. The Kier molecular flexibility index (Phi) is 7.77. The fourth-order valence-electron chi connectivity index (χ4n) is 3.60. The van der Waals surface area contributed by atoms with Gasteiger partial charge in [-0.25, -0.2) is 5.84 Å². The van der Waals surface area contributed by atoms with Crippen molar-refractivity contribution in [1.82, 2.24) is 10.6 Å². The van der Waals surface area contributed by atoms with Crippen LogP contribution >= 0.6 is 11.6 Å². The number of nitrogens with zero attached hydrogens (tertiary/aromatic N) is 1. The lowest BCUT2D eigenvalue weighted by atomic mass is 10.1. The standard InChI is InChI=1S/C28H25ClN4O2/c29-25-15-6-4-11-22(25)19-32-28(35)24-14-5-7-16-26(24)33(30)23-13-8-12-21(17-23)27(34)31-18-20-9-2-1-3-10-20/h1-17H,18-19,30H2,(H,31,34)(H,32,35). The second-order valence-corrected chi connectivity index (χ2v) is 8.29. The first-order valence-electron chi connectivity index (χ1n) is 11.1. The molecule has 4 aromatic carbocycles. The third kappa shape index (κ3) is 6.06. The van der Waals surface area contributed by atoms with Crippen LogP contribution in [-0.4, -0.2) is 11.8 Å². The molecule has 0 saturated heterocycles. The zero-order valence-electron chi connectivity index (χ0n) is 18.9. The molecule has 2 amide bonds. The summed E-state index contributed by atoms with van der Waals surface area (Å²) < 4.78 is 0. The third-order valence-corrected chi connectivity index (χ3v) is 5.86. The Balaban J connectivity index is 1.48. The highest BCUT2D eigenvalue weighted by molar-refractivity contribution is 6.31. The van der Waals surface area contributed by atoms with E-state index in [2.05, 4.69) is 10.6 Å². The molecule has 0 unspecified atom stereocenters. The maximum Gasteiger partial charge on any atom is 0.253 e. The van der Waals surface area contributed by atoms with E-state index in [1.54, 1.807) is 54.6 Å². The Bertz CT molecular complexity index is 1330. The van der Waals surface area contributed by atoms with Gasteiger partial charge in [-0.05, 0) is 47.5 Å². The number of nitrogens with one attached hydrogen (secondary N) is 2. The molecule has 7 heteroatoms. The minimum Gasteiger partial charge on any atom is -0.348 e. The van der Waals surface area contributed by atoms with Crippen LogP contribution < -0.4 is 21.5 Å². The van der Waals surface area contributed by atoms with Gasteiger partial charge in [0.2, 0.25) is 0 Å². The topological polar surface area (TPSA) is 87.5 Å². The van der Waals surface area contributed by atoms with E-state index in [1.165, 1.54) is 5.01 Å². The number of hydrogen-bond donors (Lipinski definition) is 3. The largest absolute Gasteiger partial charge is 0.348 e. The first kappa shape index (κ1) is 24.0. The molecule has 0 aliphatic carbocycles. The summed E-state index contributed by atoms with van der Waals surface area (Å²) in [6, 6.07) is 31.0. The Hall–Kier alpha value is -4.13. The van der Waals surface area contributed by atoms with E-state index < -0.39 is 0 Å². The Morgan fingerprint density at radius 2 is 1.43 bits per heavy atom. The summed E-state index contributed by atoms with van der Waals surface area (Å²) >= 11 is 6.20. The SMILES string of the molecule is NN(c1cccc(C(=O)NCc2ccccc2)c1)c1ccccc1C(=O)NCc1ccccc1Cl. The minimum atomic E-state index is -0.285. The molecule has 0 aliphatic heterocycles. The van der Waals surface area contributed by atoms with Crippen molar-refractivity contribution in [3.8, 4) is 0 Å². The molecule has 0 spiro atoms. The van der Waals surface area contributed by atoms with Gasteiger partial charge in [-0.2, -0.15) is 0 Å². The molecule has 6 nitrogen and oxygen atoms in total. The summed E-state index contributed by atoms with van der Waals surface area (Å²) in [6.07, 6.45) is 0. The average molecular weight is 485 g/mol. The van der Waals surface area contributed by atoms with E-state index >= 15 is 0 Å². The van der Waals surface area contributed by atoms with Crippen LogP contribution in [0.25, 0.3) is 0 Å². The van der Waals surface area contributed by atoms with Crippen molar-refractivity contribution in [1.29, 1.82) is 0 Å². The van der Waals surface area contributed by atoms with Gasteiger partial charge in [0.15, 0.2) is 0 Å². The molecule has 0 heterocycles. The molecule has 4 aromatic rings. The zero-order valence-corrected chi connectivity index (χ0v) is 19.7. The Morgan fingerprint density at radius 3 is 2.23 bits per heavy atom. The van der Waals surface area contributed by atoms with Gasteiger partial charge in [0.25, 0.3) is 11.8 Å². The highest BCUT2D eigenvalue weighted by Gasteiger charge is 2.17. The van der Waals surface area contributed by atoms with Crippen LogP contribution in [0.15, 0.2) is 103 Å². The number of rotatable bonds is 8. The predicted octanol–water partition coefficient (Wildman–Crippen LogP) is 5.21. The monoisotopic (exact) mass is 484 g/mol. The first-order chi connectivity index (χ1) is 17.0. The van der Waals surface area contributed by atoms with Gasteiger partial charge in [-0.3, -0.25) is 14.6 Å². The third-order valence-electron chi connectivity index (χ3n) is 5.49. The number of para-hydroxylation sites is 1. The number of carbonyl (C=O) groups is 2. The fraction of sp³-hybridized carbons (Fsp3) is 0.0714. The second-order valence-electron chi connectivity index (χ2n) is 7.88. The molecular weight excluding hydrogens is 460 g/mol. The van der Waals surface area contributed by atoms with Crippen LogP contribution in [0.5, 0.6) is 0 Å². The number of benzene rings is 4. The lowest BCUT2D eigenvalue weighted by Gasteiger charge is -2.22. The minimum absolute atomic E-state index is 0.213. The van der Waals surface area contributed by atoms with Gasteiger partial charge in [-0.1, -0.05) is 78.3 Å². The van der Waals surface area contributed by atoms with Gasteiger partial charge < -0.3 is 10.6 Å². The van der Waals surface area contributed by atoms with Gasteiger partial charge in [-0.15, -0.1) is 0 Å². The van der Waals surface area contributed by atoms with Gasteiger partial charge in [0.1, 0.15) is 0 Å². The smallest absolute Gasteiger partial charge is 0.253 e. The van der Waals surface area contributed by atoms with Crippen LogP contribution in [0.4, 0.5) is 11.4 Å². The van der Waals surface area contributed by atoms with Crippen LogP contribution in [0.1, 0.15) is 31.8 Å². The van der Waals surface area contributed by atoms with Crippen molar-refractivity contribution in [3.63, 3.8) is 0 Å². The molecule has 0 fully saturated rings. The van der Waals surface area contributed by atoms with Crippen LogP contribution in [0.3, 0.4) is 0 Å². The second kappa shape index (κ2) is 11.3. The molecular formula is C28H25ClN4O2. The fourth-order valence-corrected chi connectivity index (χ4v) is 3.81. The summed E-state index contributed by atoms with van der Waals surface area (Å²) in [5.41, 5.74) is 3.78. The number of hydrogen-bond acceptors (Lipinski definition) is 4. The van der Waals surface area contributed by atoms with Crippen LogP contribution in [0, 0.1) is 0 Å². The van der Waals surface area contributed by atoms with Gasteiger partial charge >= 0.3 is 0 Å². The van der Waals surface area contributed by atoms with E-state index in [0.29, 0.717) is 34.1 Å². The normalized spacial score (nSPS) is 10.5. The summed E-state index contributed by atoms with van der Waals surface area (Å²) in [4.78, 5) is 25.7. The summed E-state index contributed by atoms with van der Waals surface area (Å²) in [5.74, 6) is 5.92. The van der Waals surface area contributed by atoms with E-state index in [-0.39, 0.29) is 18.4 Å². The van der Waals surface area contributed by atoms with Crippen molar-refractivity contribution >= 4 is 34.8 Å². The lowest BCUT2D eigenvalue weighted by Crippen LogP contribution is -2.30. The molecule has 0 aliphatic rings. The summed E-state index contributed by atoms with van der Waals surface area (Å²) in [5, 5.41) is 7.80. The molecule has 0 saturated carbocycles. The van der Waals surface area contributed by atoms with E-state index in [4.69, 9.17) is 17.4 Å². The first-order valence-corrected chi connectivity index (χ1v) is 11.5. The number of hydrazine groups is 1. The summed E-state index contributed by atoms with van der Waals surface area (Å²) in [7, 11) is 0. The van der Waals surface area contributed by atoms with E-state index in [1.807, 2.05) is 48.5 Å². The van der Waals surface area contributed by atoms with Crippen LogP contribution in [0.2, 0.25) is 5.02 Å². The van der Waals surface area contributed by atoms with Crippen molar-refractivity contribution in [2.45, 2.75) is 13.1 Å². The zero-order chi connectivity index (χ0) is 24.6. The molecule has 35 heavy (non-hydrogen) atoms. The van der Waals surface area contributed by atoms with E-state index in [9.17, 15) is 9.59 Å². The van der Waals surface area contributed by atoms with Crippen molar-refractivity contribution in [2.24, 2.45) is 5.84 Å². The van der Waals surface area contributed by atoms with E-state index in [0.717, 1.165) is 11.1 Å². The van der Waals surface area contributed by atoms with Crippen molar-refractivity contribution in [2.75, 3.05) is 5.01 Å². The Labute approximate surface area is 209 Å². The molecule has 0 bridgehead atoms. The summed E-state index contributed by atoms with van der Waals surface area (Å²) in [6.45, 7) is 0.707. The number of amides is 2. The molecule has 176 valence electrons. The van der Waals surface area contributed by atoms with Gasteiger partial charge in [0, 0.05) is 23.7 Å². The molecule has 0 radical (unpaired) electrons. The number of halogens is 1. The van der Waals surface area contributed by atoms with Gasteiger partial charge in [0.05, 0.1) is 16.9 Å². The average Bonchev–Trinajstić information content (AvgIpc) is 2.91. The molecule has 0 aromatic heterocycles. The van der Waals surface area contributed by atoms with Crippen molar-refractivity contribution in [3.05, 3.63) is 130 Å². The quantitative estimate of drug-likeness (QED) is 0.236.